The number of rotatable bonds is 0. The van der Waals surface area contributed by atoms with Gasteiger partial charge in [-0.25, -0.2) is 9.97 Å². The molecule has 4 nitrogen and oxygen atoms in total. The highest BCUT2D eigenvalue weighted by molar-refractivity contribution is 14.1. The first-order chi connectivity index (χ1) is 5.27. The largest absolute Gasteiger partial charge is 0.273 e. The van der Waals surface area contributed by atoms with Gasteiger partial charge in [0.25, 0.3) is 0 Å². The van der Waals surface area contributed by atoms with Crippen LogP contribution in [0.4, 0.5) is 0 Å². The van der Waals surface area contributed by atoms with Crippen LogP contribution in [0.15, 0.2) is 12.5 Å². The van der Waals surface area contributed by atoms with E-state index in [9.17, 15) is 0 Å². The minimum absolute atomic E-state index is 0.756. The van der Waals surface area contributed by atoms with Crippen molar-refractivity contribution in [1.82, 2.24) is 19.7 Å². The molecule has 0 aliphatic carbocycles. The molecule has 0 saturated heterocycles. The molecule has 0 unspecified atom stereocenters. The van der Waals surface area contributed by atoms with Crippen molar-refractivity contribution >= 4 is 33.6 Å². The lowest BCUT2D eigenvalue weighted by molar-refractivity contribution is 0.775. The number of hydrogen-bond donors (Lipinski definition) is 0. The number of nitrogens with zero attached hydrogens (tertiary/aromatic N) is 4. The number of aryl methyl sites for hydroxylation is 1. The first-order valence-corrected chi connectivity index (χ1v) is 4.15. The second-order valence-electron chi connectivity index (χ2n) is 2.20. The minimum atomic E-state index is 0.756. The van der Waals surface area contributed by atoms with E-state index in [-0.39, 0.29) is 0 Å². The first kappa shape index (κ1) is 6.96. The quantitative estimate of drug-likeness (QED) is 0.523. The van der Waals surface area contributed by atoms with Gasteiger partial charge >= 0.3 is 0 Å². The Kier molecular flexibility index (Phi) is 1.52. The molecule has 2 rings (SSSR count). The Morgan fingerprint density at radius 3 is 3.00 bits per heavy atom. The highest BCUT2D eigenvalue weighted by Gasteiger charge is 2.02. The van der Waals surface area contributed by atoms with Crippen molar-refractivity contribution in [3.8, 4) is 0 Å². The Morgan fingerprint density at radius 2 is 2.27 bits per heavy atom. The summed E-state index contributed by atoms with van der Waals surface area (Å²) in [6, 6.07) is 0. The first-order valence-electron chi connectivity index (χ1n) is 3.07. The van der Waals surface area contributed by atoms with Gasteiger partial charge in [-0.05, 0) is 22.6 Å². The molecule has 0 aliphatic heterocycles. The van der Waals surface area contributed by atoms with Crippen LogP contribution in [-0.2, 0) is 7.05 Å². The summed E-state index contributed by atoms with van der Waals surface area (Å²) in [6.07, 6.45) is 3.44. The lowest BCUT2D eigenvalue weighted by atomic mass is 10.4. The van der Waals surface area contributed by atoms with E-state index >= 15 is 0 Å². The van der Waals surface area contributed by atoms with Crippen LogP contribution in [0, 0.1) is 3.70 Å². The van der Waals surface area contributed by atoms with Gasteiger partial charge in [-0.1, -0.05) is 0 Å². The van der Waals surface area contributed by atoms with Crippen LogP contribution in [0.1, 0.15) is 0 Å². The van der Waals surface area contributed by atoms with Crippen LogP contribution in [0.2, 0.25) is 0 Å². The molecule has 0 spiro atoms. The number of fused-ring (bicyclic) bond motifs is 1. The summed E-state index contributed by atoms with van der Waals surface area (Å²) >= 11 is 2.17. The summed E-state index contributed by atoms with van der Waals surface area (Å²) in [5.41, 5.74) is 0.756. The van der Waals surface area contributed by atoms with Crippen LogP contribution >= 0.6 is 22.6 Å². The van der Waals surface area contributed by atoms with Crippen molar-refractivity contribution in [2.45, 2.75) is 0 Å². The predicted octanol–water partition coefficient (Wildman–Crippen LogP) is 0.968. The van der Waals surface area contributed by atoms with Gasteiger partial charge in [0.2, 0.25) is 0 Å². The van der Waals surface area contributed by atoms with E-state index in [0.717, 1.165) is 14.7 Å². The molecule has 0 amide bonds. The second-order valence-corrected chi connectivity index (χ2v) is 3.23. The summed E-state index contributed by atoms with van der Waals surface area (Å²) in [6.45, 7) is 0. The maximum absolute atomic E-state index is 4.13. The van der Waals surface area contributed by atoms with Crippen LogP contribution in [0.5, 0.6) is 0 Å². The third-order valence-corrected chi connectivity index (χ3v) is 2.24. The molecule has 0 N–H and O–H groups in total. The van der Waals surface area contributed by atoms with E-state index in [4.69, 9.17) is 0 Å². The summed E-state index contributed by atoms with van der Waals surface area (Å²) < 4.78 is 2.68. The molecule has 0 fully saturated rings. The Bertz CT molecular complexity index is 394. The summed E-state index contributed by atoms with van der Waals surface area (Å²) in [5.74, 6) is 0. The van der Waals surface area contributed by atoms with E-state index in [1.165, 1.54) is 6.33 Å². The molecule has 0 aliphatic rings. The van der Waals surface area contributed by atoms with Gasteiger partial charge in [0.1, 0.15) is 10.0 Å². The average Bonchev–Trinajstić information content (AvgIpc) is 2.31. The van der Waals surface area contributed by atoms with Gasteiger partial charge in [0.05, 0.1) is 5.39 Å². The fourth-order valence-corrected chi connectivity index (χ4v) is 1.43. The second kappa shape index (κ2) is 2.40. The summed E-state index contributed by atoms with van der Waals surface area (Å²) in [7, 11) is 1.87. The highest BCUT2D eigenvalue weighted by atomic mass is 127. The fourth-order valence-electron chi connectivity index (χ4n) is 0.921. The van der Waals surface area contributed by atoms with E-state index in [0.29, 0.717) is 0 Å². The average molecular weight is 260 g/mol. The summed E-state index contributed by atoms with van der Waals surface area (Å²) in [5, 5.41) is 5.14. The van der Waals surface area contributed by atoms with Gasteiger partial charge in [0, 0.05) is 13.2 Å². The minimum Gasteiger partial charge on any atom is -0.273 e. The Morgan fingerprint density at radius 1 is 1.45 bits per heavy atom. The fraction of sp³-hybridized carbons (Fsp3) is 0.167. The molecule has 0 bridgehead atoms. The molecular weight excluding hydrogens is 255 g/mol. The highest BCUT2D eigenvalue weighted by Crippen LogP contribution is 2.13. The molecule has 2 aromatic heterocycles. The topological polar surface area (TPSA) is 43.6 Å². The molecule has 0 aromatic carbocycles. The van der Waals surface area contributed by atoms with Crippen molar-refractivity contribution in [3.05, 3.63) is 16.2 Å². The van der Waals surface area contributed by atoms with Crippen LogP contribution in [0.3, 0.4) is 0 Å². The predicted molar refractivity (Wildman–Crippen MR) is 49.0 cm³/mol. The lowest BCUT2D eigenvalue weighted by Crippen LogP contribution is -1.86. The van der Waals surface area contributed by atoms with E-state index in [1.54, 1.807) is 4.68 Å². The number of aromatic nitrogens is 4. The maximum Gasteiger partial charge on any atom is 0.185 e. The molecule has 0 atom stereocenters. The maximum atomic E-state index is 4.13. The van der Waals surface area contributed by atoms with Gasteiger partial charge in [-0.2, -0.15) is 5.10 Å². The molecule has 11 heavy (non-hydrogen) atoms. The van der Waals surface area contributed by atoms with Crippen molar-refractivity contribution in [1.29, 1.82) is 0 Å². The van der Waals surface area contributed by atoms with Crippen LogP contribution < -0.4 is 0 Å². The molecule has 2 heterocycles. The molecule has 0 saturated carbocycles. The Balaban J connectivity index is 2.90. The smallest absolute Gasteiger partial charge is 0.185 e. The van der Waals surface area contributed by atoms with Crippen LogP contribution in [0.25, 0.3) is 11.0 Å². The molecule has 5 heteroatoms. The van der Waals surface area contributed by atoms with Gasteiger partial charge in [-0.3, -0.25) is 4.68 Å². The molecule has 0 radical (unpaired) electrons. The van der Waals surface area contributed by atoms with Crippen molar-refractivity contribution < 1.29 is 0 Å². The zero-order chi connectivity index (χ0) is 7.84. The standard InChI is InChI=1S/C6H5IN4/c1-11-2-4-5(7)8-3-9-6(4)10-11/h2-3H,1H3. The monoisotopic (exact) mass is 260 g/mol. The van der Waals surface area contributed by atoms with Crippen molar-refractivity contribution in [3.63, 3.8) is 0 Å². The third-order valence-electron chi connectivity index (χ3n) is 1.38. The van der Waals surface area contributed by atoms with Crippen molar-refractivity contribution in [2.24, 2.45) is 7.05 Å². The number of hydrogen-bond acceptors (Lipinski definition) is 3. The SMILES string of the molecule is Cn1cc2c(I)ncnc2n1. The van der Waals surface area contributed by atoms with E-state index < -0.39 is 0 Å². The van der Waals surface area contributed by atoms with Gasteiger partial charge < -0.3 is 0 Å². The molecule has 2 aromatic rings. The normalized spacial score (nSPS) is 10.7. The Labute approximate surface area is 76.8 Å². The molecular formula is C6H5IN4. The van der Waals surface area contributed by atoms with E-state index in [1.807, 2.05) is 13.2 Å². The third kappa shape index (κ3) is 1.09. The van der Waals surface area contributed by atoms with Crippen molar-refractivity contribution in [2.75, 3.05) is 0 Å². The lowest BCUT2D eigenvalue weighted by Gasteiger charge is -1.86. The Hall–Kier alpha value is -0.720. The number of halogens is 1. The zero-order valence-corrected chi connectivity index (χ0v) is 7.98. The van der Waals surface area contributed by atoms with E-state index in [2.05, 4.69) is 37.7 Å². The molecule has 56 valence electrons. The summed E-state index contributed by atoms with van der Waals surface area (Å²) in [4.78, 5) is 8.06. The van der Waals surface area contributed by atoms with Gasteiger partial charge in [0.15, 0.2) is 5.65 Å². The zero-order valence-electron chi connectivity index (χ0n) is 5.82. The van der Waals surface area contributed by atoms with Gasteiger partial charge in [-0.15, -0.1) is 0 Å². The van der Waals surface area contributed by atoms with Crippen LogP contribution in [-0.4, -0.2) is 19.7 Å².